The van der Waals surface area contributed by atoms with Crippen LogP contribution in [0.3, 0.4) is 0 Å². The van der Waals surface area contributed by atoms with Crippen molar-refractivity contribution in [3.05, 3.63) is 0 Å². The highest BCUT2D eigenvalue weighted by atomic mass is 16.6. The van der Waals surface area contributed by atoms with Crippen LogP contribution in [0.15, 0.2) is 0 Å². The van der Waals surface area contributed by atoms with Gasteiger partial charge in [0.1, 0.15) is 39.1 Å². The summed E-state index contributed by atoms with van der Waals surface area (Å²) in [5.74, 6) is -1.35. The second-order valence-corrected chi connectivity index (χ2v) is 25.9. The Bertz CT molecular complexity index is 1710. The van der Waals surface area contributed by atoms with Gasteiger partial charge in [-0.15, -0.1) is 0 Å². The van der Waals surface area contributed by atoms with E-state index in [0.717, 1.165) is 19.3 Å². The van der Waals surface area contributed by atoms with Gasteiger partial charge in [-0.25, -0.2) is 28.8 Å². The van der Waals surface area contributed by atoms with Gasteiger partial charge in [-0.3, -0.25) is 4.90 Å². The van der Waals surface area contributed by atoms with Crippen LogP contribution in [0.2, 0.25) is 0 Å². The van der Waals surface area contributed by atoms with Crippen LogP contribution < -0.4 is 32.7 Å². The third kappa shape index (κ3) is 32.9. The van der Waals surface area contributed by atoms with Crippen molar-refractivity contribution in [3.63, 3.8) is 0 Å². The minimum atomic E-state index is -1.68. The Morgan fingerprint density at radius 2 is 0.932 bits per heavy atom. The molecule has 0 aliphatic heterocycles. The fourth-order valence-corrected chi connectivity index (χ4v) is 8.30. The summed E-state index contributed by atoms with van der Waals surface area (Å²) in [5, 5.41) is 11.6. The highest BCUT2D eigenvalue weighted by Crippen LogP contribution is 2.39. The fourth-order valence-electron chi connectivity index (χ4n) is 8.30. The minimum Gasteiger partial charge on any atom is -0.458 e. The molecule has 0 aliphatic carbocycles. The Labute approximate surface area is 447 Å². The predicted octanol–water partition coefficient (Wildman–Crippen LogP) is 10.9. The molecule has 0 bridgehead atoms. The molecule has 74 heavy (non-hydrogen) atoms. The van der Waals surface area contributed by atoms with Gasteiger partial charge < -0.3 is 61.2 Å². The summed E-state index contributed by atoms with van der Waals surface area (Å²) in [6.45, 7) is 35.1. The molecule has 0 saturated heterocycles. The first-order valence-corrected chi connectivity index (χ1v) is 27.2. The maximum absolute atomic E-state index is 15.3. The van der Waals surface area contributed by atoms with Crippen LogP contribution in [0, 0.1) is 5.92 Å². The largest absolute Gasteiger partial charge is 0.458 e. The quantitative estimate of drug-likeness (QED) is 0.0222. The molecule has 4 unspecified atom stereocenters. The van der Waals surface area contributed by atoms with E-state index in [2.05, 4.69) is 21.3 Å². The molecule has 0 aromatic carbocycles. The molecule has 19 heteroatoms. The molecule has 0 rings (SSSR count). The Kier molecular flexibility index (Phi) is 29.3. The number of alkyl carbamates (subject to hydrolysis) is 4. The maximum atomic E-state index is 15.3. The second-order valence-electron chi connectivity index (χ2n) is 25.9. The van der Waals surface area contributed by atoms with Crippen molar-refractivity contribution in [2.24, 2.45) is 17.4 Å². The molecular formula is C55H107N7O12. The van der Waals surface area contributed by atoms with E-state index in [1.807, 2.05) is 27.7 Å². The van der Waals surface area contributed by atoms with Crippen LogP contribution >= 0.6 is 0 Å². The Morgan fingerprint density at radius 3 is 1.43 bits per heavy atom. The zero-order chi connectivity index (χ0) is 57.4. The molecule has 434 valence electrons. The summed E-state index contributed by atoms with van der Waals surface area (Å²) in [5.41, 5.74) is 4.90. The van der Waals surface area contributed by atoms with Gasteiger partial charge in [0.05, 0.1) is 0 Å². The number of unbranched alkanes of at least 4 members (excludes halogenated alkanes) is 4. The number of amides is 5. The number of nitrogens with zero attached hydrogens (tertiary/aromatic N) is 1. The first kappa shape index (κ1) is 69.7. The molecule has 0 fully saturated rings. The van der Waals surface area contributed by atoms with Crippen molar-refractivity contribution in [2.75, 3.05) is 32.7 Å². The topological polar surface area (TPSA) is 261 Å². The Morgan fingerprint density at radius 1 is 0.473 bits per heavy atom. The zero-order valence-electron chi connectivity index (χ0n) is 49.8. The zero-order valence-corrected chi connectivity index (χ0v) is 49.8. The van der Waals surface area contributed by atoms with Crippen molar-refractivity contribution in [1.29, 1.82) is 0 Å². The predicted molar refractivity (Wildman–Crippen MR) is 292 cm³/mol. The van der Waals surface area contributed by atoms with Gasteiger partial charge in [0, 0.05) is 43.7 Å². The number of rotatable bonds is 30. The van der Waals surface area contributed by atoms with Crippen molar-refractivity contribution >= 4 is 36.4 Å². The van der Waals surface area contributed by atoms with E-state index in [-0.39, 0.29) is 38.5 Å². The molecule has 0 aromatic heterocycles. The number of nitrogens with two attached hydrogens (primary N) is 2. The number of nitrogens with one attached hydrogen (secondary N) is 4. The van der Waals surface area contributed by atoms with Gasteiger partial charge in [-0.1, -0.05) is 25.7 Å². The summed E-state index contributed by atoms with van der Waals surface area (Å²) in [7, 11) is 0. The molecule has 0 heterocycles. The molecule has 0 saturated carbocycles. The Balaban J connectivity index is 6.94. The summed E-state index contributed by atoms with van der Waals surface area (Å²) in [4.78, 5) is 83.5. The van der Waals surface area contributed by atoms with Crippen LogP contribution in [-0.4, -0.2) is 125 Å². The smallest absolute Gasteiger partial charge is 0.411 e. The lowest BCUT2D eigenvalue weighted by molar-refractivity contribution is -0.175. The minimum absolute atomic E-state index is 0.0153. The van der Waals surface area contributed by atoms with Crippen molar-refractivity contribution < 1.29 is 57.2 Å². The van der Waals surface area contributed by atoms with E-state index < -0.39 is 87.0 Å². The van der Waals surface area contributed by atoms with Gasteiger partial charge in [0.25, 0.3) is 0 Å². The summed E-state index contributed by atoms with van der Waals surface area (Å²) in [6.07, 6.45) is 5.22. The average Bonchev–Trinajstić information content (AvgIpc) is 3.17. The monoisotopic (exact) mass is 1060 g/mol. The number of carbonyl (C=O) groups is 6. The summed E-state index contributed by atoms with van der Waals surface area (Å²) < 4.78 is 34.9. The molecule has 19 nitrogen and oxygen atoms in total. The lowest BCUT2D eigenvalue weighted by Crippen LogP contribution is -2.65. The van der Waals surface area contributed by atoms with Crippen LogP contribution in [0.25, 0.3) is 0 Å². The third-order valence-corrected chi connectivity index (χ3v) is 11.5. The molecule has 5 amide bonds. The summed E-state index contributed by atoms with van der Waals surface area (Å²) >= 11 is 0. The second kappa shape index (κ2) is 31.1. The van der Waals surface area contributed by atoms with Gasteiger partial charge in [0.2, 0.25) is 0 Å². The standard InChI is InChI=1S/C55H107N7O12/c1-40(57)29-26-34-55(42(63)69-48(2,3)4,62(47(68)74-52(14,15)16)38-28-37-59-44(65)71-50(8,9)10)41(30-22-20-21-25-35-56)39-60-45(66)73-53(17,18)31-23-24-32-54(19,61-46(67)72-51(11,12)13)33-27-36-58-43(64)70-49(5,6)7/h40-41H,20-39,56-57H2,1-19H3,(H,58,64)(H,59,65)(H,60,66)(H,61,67). The first-order chi connectivity index (χ1) is 33.6. The highest BCUT2D eigenvalue weighted by molar-refractivity contribution is 5.87. The van der Waals surface area contributed by atoms with E-state index in [9.17, 15) is 24.0 Å². The average molecular weight is 1060 g/mol. The van der Waals surface area contributed by atoms with E-state index in [4.69, 9.17) is 39.9 Å². The summed E-state index contributed by atoms with van der Waals surface area (Å²) in [6, 6.07) is -0.215. The highest BCUT2D eigenvalue weighted by Gasteiger charge is 2.55. The number of esters is 1. The Hall–Kier alpha value is -4.26. The number of carbonyl (C=O) groups excluding carboxylic acids is 6. The molecule has 8 N–H and O–H groups in total. The van der Waals surface area contributed by atoms with Gasteiger partial charge >= 0.3 is 36.4 Å². The molecule has 0 radical (unpaired) electrons. The fraction of sp³-hybridized carbons (Fsp3) is 0.891. The van der Waals surface area contributed by atoms with E-state index in [0.29, 0.717) is 77.3 Å². The van der Waals surface area contributed by atoms with E-state index in [1.165, 1.54) is 4.90 Å². The van der Waals surface area contributed by atoms with Crippen LogP contribution in [0.4, 0.5) is 24.0 Å². The molecule has 0 aromatic rings. The number of hydrogen-bond acceptors (Lipinski definition) is 14. The van der Waals surface area contributed by atoms with Crippen LogP contribution in [0.1, 0.15) is 228 Å². The third-order valence-electron chi connectivity index (χ3n) is 11.5. The van der Waals surface area contributed by atoms with E-state index in [1.54, 1.807) is 104 Å². The first-order valence-electron chi connectivity index (χ1n) is 27.2. The van der Waals surface area contributed by atoms with Crippen molar-refractivity contribution in [3.8, 4) is 0 Å². The van der Waals surface area contributed by atoms with Crippen LogP contribution in [0.5, 0.6) is 0 Å². The molecule has 4 atom stereocenters. The van der Waals surface area contributed by atoms with Gasteiger partial charge in [-0.2, -0.15) is 0 Å². The lowest BCUT2D eigenvalue weighted by Gasteiger charge is -2.48. The number of ether oxygens (including phenoxy) is 6. The normalized spacial score (nSPS) is 15.0. The van der Waals surface area contributed by atoms with E-state index >= 15 is 4.79 Å². The van der Waals surface area contributed by atoms with Crippen molar-refractivity contribution in [1.82, 2.24) is 26.2 Å². The number of hydrogen-bond donors (Lipinski definition) is 6. The van der Waals surface area contributed by atoms with Gasteiger partial charge in [-0.05, 0) is 209 Å². The van der Waals surface area contributed by atoms with Gasteiger partial charge in [0.15, 0.2) is 0 Å². The van der Waals surface area contributed by atoms with Crippen molar-refractivity contribution in [2.45, 2.75) is 279 Å². The van der Waals surface area contributed by atoms with Crippen LogP contribution in [-0.2, 0) is 33.2 Å². The SMILES string of the molecule is CC(N)CCCC(C(=O)OC(C)(C)C)(C(CCCCCCN)CNC(=O)OC(C)(C)CCCCC(C)(CCCNC(=O)OC(C)(C)C)NC(=O)OC(C)(C)C)N(CCCNC(=O)OC(C)(C)C)C(=O)OC(C)(C)C. The maximum Gasteiger partial charge on any atom is 0.411 e. The molecular weight excluding hydrogens is 951 g/mol. The molecule has 0 spiro atoms. The molecule has 0 aliphatic rings. The lowest BCUT2D eigenvalue weighted by atomic mass is 9.74.